The summed E-state index contributed by atoms with van der Waals surface area (Å²) in [5, 5.41) is 9.81. The standard InChI is InChI=1S/C30H29N3O5/c34-26(16-15-25(30(37)38)33-28(35)23-13-7-8-14-24(23)29(33)36)31-17-19-32(20-18-31)27(21-9-3-1-4-10-21)22-11-5-2-6-12-22/h1-14,25,27H,15-20H2,(H,37,38)/t25-/m0/s1. The maximum absolute atomic E-state index is 13.1. The molecule has 0 unspecified atom stereocenters. The summed E-state index contributed by atoms with van der Waals surface area (Å²) in [6.45, 7) is 2.36. The van der Waals surface area contributed by atoms with Gasteiger partial charge in [0.25, 0.3) is 11.8 Å². The van der Waals surface area contributed by atoms with Crippen molar-refractivity contribution in [3.8, 4) is 0 Å². The van der Waals surface area contributed by atoms with E-state index >= 15 is 0 Å². The minimum absolute atomic E-state index is 0.0643. The number of hydrogen-bond donors (Lipinski definition) is 1. The van der Waals surface area contributed by atoms with Crippen molar-refractivity contribution in [2.75, 3.05) is 26.2 Å². The molecule has 2 aliphatic heterocycles. The van der Waals surface area contributed by atoms with Crippen LogP contribution in [-0.4, -0.2) is 75.7 Å². The van der Waals surface area contributed by atoms with Crippen molar-refractivity contribution in [3.63, 3.8) is 0 Å². The number of fused-ring (bicyclic) bond motifs is 1. The maximum Gasteiger partial charge on any atom is 0.326 e. The van der Waals surface area contributed by atoms with Gasteiger partial charge in [-0.05, 0) is 29.7 Å². The minimum Gasteiger partial charge on any atom is -0.480 e. The number of carbonyl (C=O) groups is 4. The van der Waals surface area contributed by atoms with E-state index in [1.165, 1.54) is 23.3 Å². The molecule has 8 nitrogen and oxygen atoms in total. The highest BCUT2D eigenvalue weighted by Gasteiger charge is 2.43. The van der Waals surface area contributed by atoms with Crippen molar-refractivity contribution in [1.29, 1.82) is 0 Å². The Kier molecular flexibility index (Phi) is 7.33. The third-order valence-corrected chi connectivity index (χ3v) is 7.32. The normalized spacial score (nSPS) is 16.6. The molecular weight excluding hydrogens is 482 g/mol. The summed E-state index contributed by atoms with van der Waals surface area (Å²) >= 11 is 0. The predicted molar refractivity (Wildman–Crippen MR) is 140 cm³/mol. The largest absolute Gasteiger partial charge is 0.480 e. The van der Waals surface area contributed by atoms with Crippen LogP contribution in [0.3, 0.4) is 0 Å². The van der Waals surface area contributed by atoms with Gasteiger partial charge in [-0.15, -0.1) is 0 Å². The van der Waals surface area contributed by atoms with E-state index < -0.39 is 23.8 Å². The number of imide groups is 1. The van der Waals surface area contributed by atoms with Gasteiger partial charge in [-0.3, -0.25) is 24.2 Å². The van der Waals surface area contributed by atoms with Crippen molar-refractivity contribution >= 4 is 23.7 Å². The second-order valence-corrected chi connectivity index (χ2v) is 9.56. The molecule has 3 amide bonds. The van der Waals surface area contributed by atoms with E-state index in [0.717, 1.165) is 4.90 Å². The van der Waals surface area contributed by atoms with Crippen LogP contribution in [0.5, 0.6) is 0 Å². The van der Waals surface area contributed by atoms with Crippen molar-refractivity contribution in [3.05, 3.63) is 107 Å². The van der Waals surface area contributed by atoms with E-state index in [0.29, 0.717) is 26.2 Å². The second-order valence-electron chi connectivity index (χ2n) is 9.56. The lowest BCUT2D eigenvalue weighted by Crippen LogP contribution is -2.50. The smallest absolute Gasteiger partial charge is 0.326 e. The fraction of sp³-hybridized carbons (Fsp3) is 0.267. The molecule has 0 radical (unpaired) electrons. The molecule has 1 fully saturated rings. The monoisotopic (exact) mass is 511 g/mol. The van der Waals surface area contributed by atoms with Crippen LogP contribution in [0.15, 0.2) is 84.9 Å². The van der Waals surface area contributed by atoms with Crippen molar-refractivity contribution in [2.45, 2.75) is 24.9 Å². The number of nitrogens with zero attached hydrogens (tertiary/aromatic N) is 3. The number of piperazine rings is 1. The van der Waals surface area contributed by atoms with Gasteiger partial charge in [0.2, 0.25) is 5.91 Å². The number of aliphatic carboxylic acids is 1. The Labute approximate surface area is 221 Å². The van der Waals surface area contributed by atoms with Gasteiger partial charge in [0, 0.05) is 32.6 Å². The molecule has 194 valence electrons. The van der Waals surface area contributed by atoms with Gasteiger partial charge in [0.05, 0.1) is 17.2 Å². The first-order chi connectivity index (χ1) is 18.5. The summed E-state index contributed by atoms with van der Waals surface area (Å²) in [6, 6.07) is 25.5. The van der Waals surface area contributed by atoms with Gasteiger partial charge in [0.15, 0.2) is 0 Å². The average Bonchev–Trinajstić information content (AvgIpc) is 3.20. The van der Waals surface area contributed by atoms with Crippen LogP contribution >= 0.6 is 0 Å². The van der Waals surface area contributed by atoms with Crippen LogP contribution in [0.2, 0.25) is 0 Å². The molecule has 3 aromatic rings. The first-order valence-corrected chi connectivity index (χ1v) is 12.8. The van der Waals surface area contributed by atoms with Crippen LogP contribution < -0.4 is 0 Å². The van der Waals surface area contributed by atoms with Crippen LogP contribution in [0.1, 0.15) is 50.7 Å². The molecule has 2 heterocycles. The highest BCUT2D eigenvalue weighted by molar-refractivity contribution is 6.22. The molecule has 8 heteroatoms. The molecule has 1 N–H and O–H groups in total. The molecule has 0 saturated carbocycles. The Morgan fingerprint density at radius 1 is 0.711 bits per heavy atom. The summed E-state index contributed by atoms with van der Waals surface area (Å²) < 4.78 is 0. The van der Waals surface area contributed by atoms with Crippen LogP contribution in [-0.2, 0) is 9.59 Å². The Morgan fingerprint density at radius 2 is 1.18 bits per heavy atom. The lowest BCUT2D eigenvalue weighted by Gasteiger charge is -2.40. The lowest BCUT2D eigenvalue weighted by molar-refractivity contribution is -0.142. The first kappa shape index (κ1) is 25.4. The van der Waals surface area contributed by atoms with Gasteiger partial charge in [-0.25, -0.2) is 4.79 Å². The maximum atomic E-state index is 13.1. The highest BCUT2D eigenvalue weighted by atomic mass is 16.4. The summed E-state index contributed by atoms with van der Waals surface area (Å²) in [6.07, 6.45) is -0.193. The van der Waals surface area contributed by atoms with Crippen molar-refractivity contribution in [2.24, 2.45) is 0 Å². The van der Waals surface area contributed by atoms with E-state index in [-0.39, 0.29) is 35.9 Å². The zero-order valence-electron chi connectivity index (χ0n) is 20.9. The molecular formula is C30H29N3O5. The number of carboxylic acids is 1. The molecule has 38 heavy (non-hydrogen) atoms. The zero-order chi connectivity index (χ0) is 26.6. The third kappa shape index (κ3) is 4.95. The number of carboxylic acid groups (broad SMARTS) is 1. The van der Waals surface area contributed by atoms with Gasteiger partial charge < -0.3 is 10.0 Å². The van der Waals surface area contributed by atoms with Crippen LogP contribution in [0.25, 0.3) is 0 Å². The summed E-state index contributed by atoms with van der Waals surface area (Å²) in [5.74, 6) is -2.74. The number of carbonyl (C=O) groups excluding carboxylic acids is 3. The summed E-state index contributed by atoms with van der Waals surface area (Å²) in [7, 11) is 0. The van der Waals surface area contributed by atoms with E-state index in [9.17, 15) is 24.3 Å². The molecule has 3 aromatic carbocycles. The van der Waals surface area contributed by atoms with Crippen LogP contribution in [0, 0.1) is 0 Å². The van der Waals surface area contributed by atoms with Crippen LogP contribution in [0.4, 0.5) is 0 Å². The van der Waals surface area contributed by atoms with E-state index in [1.807, 2.05) is 36.4 Å². The van der Waals surface area contributed by atoms with Gasteiger partial charge in [0.1, 0.15) is 6.04 Å². The molecule has 1 atom stereocenters. The number of amides is 3. The molecule has 0 aromatic heterocycles. The zero-order valence-corrected chi connectivity index (χ0v) is 20.9. The quantitative estimate of drug-likeness (QED) is 0.465. The van der Waals surface area contributed by atoms with Gasteiger partial charge in [-0.1, -0.05) is 72.8 Å². The second kappa shape index (κ2) is 11.0. The SMILES string of the molecule is O=C(O)[C@H](CCC(=O)N1CCN(C(c2ccccc2)c2ccccc2)CC1)N1C(=O)c2ccccc2C1=O. The average molecular weight is 512 g/mol. The minimum atomic E-state index is -1.40. The number of benzene rings is 3. The summed E-state index contributed by atoms with van der Waals surface area (Å²) in [4.78, 5) is 55.5. The number of hydrogen-bond acceptors (Lipinski definition) is 5. The topological polar surface area (TPSA) is 98.2 Å². The fourth-order valence-electron chi connectivity index (χ4n) is 5.39. The number of rotatable bonds is 8. The Bertz CT molecular complexity index is 1260. The van der Waals surface area contributed by atoms with Crippen molar-refractivity contribution in [1.82, 2.24) is 14.7 Å². The molecule has 0 spiro atoms. The molecule has 0 aliphatic carbocycles. The molecule has 5 rings (SSSR count). The Morgan fingerprint density at radius 3 is 1.66 bits per heavy atom. The fourth-order valence-corrected chi connectivity index (χ4v) is 5.39. The van der Waals surface area contributed by atoms with E-state index in [4.69, 9.17) is 0 Å². The highest BCUT2D eigenvalue weighted by Crippen LogP contribution is 2.30. The summed E-state index contributed by atoms with van der Waals surface area (Å²) in [5.41, 5.74) is 2.75. The van der Waals surface area contributed by atoms with E-state index in [1.54, 1.807) is 17.0 Å². The molecule has 0 bridgehead atoms. The molecule has 1 saturated heterocycles. The Balaban J connectivity index is 1.22. The van der Waals surface area contributed by atoms with Gasteiger partial charge in [-0.2, -0.15) is 0 Å². The third-order valence-electron chi connectivity index (χ3n) is 7.32. The van der Waals surface area contributed by atoms with Gasteiger partial charge >= 0.3 is 5.97 Å². The van der Waals surface area contributed by atoms with E-state index in [2.05, 4.69) is 29.2 Å². The van der Waals surface area contributed by atoms with Crippen molar-refractivity contribution < 1.29 is 24.3 Å². The Hall–Kier alpha value is -4.30. The lowest BCUT2D eigenvalue weighted by atomic mass is 9.96. The first-order valence-electron chi connectivity index (χ1n) is 12.8. The predicted octanol–water partition coefficient (Wildman–Crippen LogP) is 3.45. The molecule has 2 aliphatic rings.